The van der Waals surface area contributed by atoms with Gasteiger partial charge in [0, 0.05) is 19.3 Å². The number of hydrogen-bond acceptors (Lipinski definition) is 2. The van der Waals surface area contributed by atoms with E-state index in [-0.39, 0.29) is 0 Å². The normalized spacial score (nSPS) is 15.4. The van der Waals surface area contributed by atoms with Crippen LogP contribution >= 0.6 is 0 Å². The van der Waals surface area contributed by atoms with Crippen molar-refractivity contribution in [2.75, 3.05) is 7.05 Å². The van der Waals surface area contributed by atoms with Gasteiger partial charge in [0.05, 0.1) is 5.69 Å². The van der Waals surface area contributed by atoms with Gasteiger partial charge in [0.1, 0.15) is 0 Å². The average molecular weight is 195 g/mol. The SMILES string of the molecule is CNC(C)CC(C)Cc1ccn(C)n1. The predicted molar refractivity (Wildman–Crippen MR) is 59.2 cm³/mol. The number of aromatic nitrogens is 2. The summed E-state index contributed by atoms with van der Waals surface area (Å²) in [6, 6.07) is 2.69. The summed E-state index contributed by atoms with van der Waals surface area (Å²) in [5, 5.41) is 7.64. The molecule has 0 aliphatic carbocycles. The first-order chi connectivity index (χ1) is 6.61. The van der Waals surface area contributed by atoms with E-state index in [1.54, 1.807) is 0 Å². The van der Waals surface area contributed by atoms with Crippen LogP contribution in [0.5, 0.6) is 0 Å². The molecule has 1 aromatic heterocycles. The summed E-state index contributed by atoms with van der Waals surface area (Å²) in [4.78, 5) is 0. The van der Waals surface area contributed by atoms with Crippen molar-refractivity contribution in [2.24, 2.45) is 13.0 Å². The minimum Gasteiger partial charge on any atom is -0.317 e. The van der Waals surface area contributed by atoms with Crippen LogP contribution in [0.2, 0.25) is 0 Å². The van der Waals surface area contributed by atoms with Crippen molar-refractivity contribution in [3.63, 3.8) is 0 Å². The van der Waals surface area contributed by atoms with Gasteiger partial charge in [0.2, 0.25) is 0 Å². The molecule has 0 aliphatic heterocycles. The summed E-state index contributed by atoms with van der Waals surface area (Å²) in [6.07, 6.45) is 4.28. The minimum atomic E-state index is 0.591. The van der Waals surface area contributed by atoms with E-state index in [9.17, 15) is 0 Å². The standard InChI is InChI=1S/C11H21N3/c1-9(7-10(2)12-3)8-11-5-6-14(4)13-11/h5-6,9-10,12H,7-8H2,1-4H3. The van der Waals surface area contributed by atoms with Gasteiger partial charge >= 0.3 is 0 Å². The summed E-state index contributed by atoms with van der Waals surface area (Å²) in [7, 11) is 3.97. The molecule has 80 valence electrons. The Hall–Kier alpha value is -0.830. The molecule has 0 bridgehead atoms. The fourth-order valence-electron chi connectivity index (χ4n) is 1.73. The maximum absolute atomic E-state index is 4.38. The van der Waals surface area contributed by atoms with Crippen LogP contribution in [-0.4, -0.2) is 22.9 Å². The van der Waals surface area contributed by atoms with Gasteiger partial charge in [-0.05, 0) is 38.8 Å². The van der Waals surface area contributed by atoms with E-state index in [1.165, 1.54) is 12.1 Å². The predicted octanol–water partition coefficient (Wildman–Crippen LogP) is 1.60. The van der Waals surface area contributed by atoms with Gasteiger partial charge in [-0.25, -0.2) is 0 Å². The maximum atomic E-state index is 4.38. The third-order valence-corrected chi connectivity index (χ3v) is 2.58. The summed E-state index contributed by atoms with van der Waals surface area (Å²) in [5.74, 6) is 0.687. The minimum absolute atomic E-state index is 0.591. The summed E-state index contributed by atoms with van der Waals surface area (Å²) in [5.41, 5.74) is 1.20. The van der Waals surface area contributed by atoms with E-state index < -0.39 is 0 Å². The Morgan fingerprint density at radius 3 is 2.71 bits per heavy atom. The number of nitrogens with zero attached hydrogens (tertiary/aromatic N) is 2. The van der Waals surface area contributed by atoms with Gasteiger partial charge < -0.3 is 5.32 Å². The van der Waals surface area contributed by atoms with Crippen molar-refractivity contribution in [2.45, 2.75) is 32.7 Å². The lowest BCUT2D eigenvalue weighted by Crippen LogP contribution is -2.24. The average Bonchev–Trinajstić information content (AvgIpc) is 2.50. The van der Waals surface area contributed by atoms with Crippen LogP contribution in [-0.2, 0) is 13.5 Å². The molecule has 14 heavy (non-hydrogen) atoms. The topological polar surface area (TPSA) is 29.9 Å². The maximum Gasteiger partial charge on any atom is 0.0627 e. The first-order valence-electron chi connectivity index (χ1n) is 5.27. The monoisotopic (exact) mass is 195 g/mol. The molecule has 1 rings (SSSR count). The van der Waals surface area contributed by atoms with Crippen molar-refractivity contribution >= 4 is 0 Å². The van der Waals surface area contributed by atoms with Crippen LogP contribution in [0, 0.1) is 5.92 Å². The molecule has 0 saturated carbocycles. The molecule has 0 spiro atoms. The zero-order valence-corrected chi connectivity index (χ0v) is 9.62. The Bertz CT molecular complexity index is 267. The zero-order valence-electron chi connectivity index (χ0n) is 9.62. The van der Waals surface area contributed by atoms with E-state index in [0.717, 1.165) is 6.42 Å². The lowest BCUT2D eigenvalue weighted by Gasteiger charge is -2.15. The smallest absolute Gasteiger partial charge is 0.0627 e. The van der Waals surface area contributed by atoms with Crippen LogP contribution < -0.4 is 5.32 Å². The molecular weight excluding hydrogens is 174 g/mol. The zero-order chi connectivity index (χ0) is 10.6. The van der Waals surface area contributed by atoms with Crippen LogP contribution in [0.1, 0.15) is 26.0 Å². The summed E-state index contributed by atoms with van der Waals surface area (Å²) >= 11 is 0. The van der Waals surface area contributed by atoms with Gasteiger partial charge in [-0.15, -0.1) is 0 Å². The second-order valence-corrected chi connectivity index (χ2v) is 4.22. The first kappa shape index (κ1) is 11.2. The molecule has 0 aromatic carbocycles. The van der Waals surface area contributed by atoms with Crippen molar-refractivity contribution in [3.05, 3.63) is 18.0 Å². The second-order valence-electron chi connectivity index (χ2n) is 4.22. The molecule has 0 saturated heterocycles. The quantitative estimate of drug-likeness (QED) is 0.773. The Kier molecular flexibility index (Phi) is 4.14. The largest absolute Gasteiger partial charge is 0.317 e. The van der Waals surface area contributed by atoms with Gasteiger partial charge in [0.15, 0.2) is 0 Å². The number of aryl methyl sites for hydroxylation is 1. The fraction of sp³-hybridized carbons (Fsp3) is 0.727. The molecule has 2 unspecified atom stereocenters. The highest BCUT2D eigenvalue weighted by Crippen LogP contribution is 2.11. The molecular formula is C11H21N3. The van der Waals surface area contributed by atoms with E-state index >= 15 is 0 Å². The molecule has 2 atom stereocenters. The number of nitrogens with one attached hydrogen (secondary N) is 1. The van der Waals surface area contributed by atoms with Crippen LogP contribution in [0.3, 0.4) is 0 Å². The Morgan fingerprint density at radius 2 is 2.21 bits per heavy atom. The molecule has 3 nitrogen and oxygen atoms in total. The highest BCUT2D eigenvalue weighted by atomic mass is 15.2. The van der Waals surface area contributed by atoms with Crippen molar-refractivity contribution in [3.8, 4) is 0 Å². The highest BCUT2D eigenvalue weighted by Gasteiger charge is 2.09. The third kappa shape index (κ3) is 3.50. The Balaban J connectivity index is 2.37. The molecule has 1 heterocycles. The van der Waals surface area contributed by atoms with Crippen LogP contribution in [0.15, 0.2) is 12.3 Å². The van der Waals surface area contributed by atoms with Crippen molar-refractivity contribution < 1.29 is 0 Å². The highest BCUT2D eigenvalue weighted by molar-refractivity contribution is 4.99. The van der Waals surface area contributed by atoms with E-state index in [4.69, 9.17) is 0 Å². The number of rotatable bonds is 5. The molecule has 0 fully saturated rings. The van der Waals surface area contributed by atoms with E-state index in [1.807, 2.05) is 25.0 Å². The van der Waals surface area contributed by atoms with Crippen molar-refractivity contribution in [1.29, 1.82) is 0 Å². The molecule has 0 aliphatic rings. The fourth-order valence-corrected chi connectivity index (χ4v) is 1.73. The van der Waals surface area contributed by atoms with Gasteiger partial charge in [-0.1, -0.05) is 6.92 Å². The first-order valence-corrected chi connectivity index (χ1v) is 5.27. The summed E-state index contributed by atoms with van der Waals surface area (Å²) < 4.78 is 1.86. The lowest BCUT2D eigenvalue weighted by molar-refractivity contribution is 0.436. The molecule has 3 heteroatoms. The third-order valence-electron chi connectivity index (χ3n) is 2.58. The molecule has 0 radical (unpaired) electrons. The van der Waals surface area contributed by atoms with Gasteiger partial charge in [0.25, 0.3) is 0 Å². The van der Waals surface area contributed by atoms with Gasteiger partial charge in [-0.3, -0.25) is 4.68 Å². The molecule has 0 amide bonds. The second kappa shape index (κ2) is 5.15. The Labute approximate surface area is 86.5 Å². The van der Waals surface area contributed by atoms with Crippen LogP contribution in [0.25, 0.3) is 0 Å². The summed E-state index contributed by atoms with van der Waals surface area (Å²) in [6.45, 7) is 4.50. The molecule has 1 N–H and O–H groups in total. The molecule has 1 aromatic rings. The van der Waals surface area contributed by atoms with Gasteiger partial charge in [-0.2, -0.15) is 5.10 Å². The van der Waals surface area contributed by atoms with E-state index in [2.05, 4.69) is 30.3 Å². The van der Waals surface area contributed by atoms with E-state index in [0.29, 0.717) is 12.0 Å². The Morgan fingerprint density at radius 1 is 1.50 bits per heavy atom. The lowest BCUT2D eigenvalue weighted by atomic mass is 9.98. The number of hydrogen-bond donors (Lipinski definition) is 1. The van der Waals surface area contributed by atoms with Crippen LogP contribution in [0.4, 0.5) is 0 Å². The van der Waals surface area contributed by atoms with Crippen molar-refractivity contribution in [1.82, 2.24) is 15.1 Å².